The predicted molar refractivity (Wildman–Crippen MR) is 155 cm³/mol. The van der Waals surface area contributed by atoms with Crippen LogP contribution in [-0.4, -0.2) is 43.3 Å². The predicted octanol–water partition coefficient (Wildman–Crippen LogP) is 7.10. The first-order valence-electron chi connectivity index (χ1n) is 13.5. The molecule has 0 spiro atoms. The van der Waals surface area contributed by atoms with E-state index in [4.69, 9.17) is 5.73 Å². The number of nitrogens with two attached hydrogens (primary N) is 1. The molecule has 204 valence electrons. The monoisotopic (exact) mass is 733 g/mol. The van der Waals surface area contributed by atoms with Crippen LogP contribution in [0.2, 0.25) is 0 Å². The van der Waals surface area contributed by atoms with Crippen molar-refractivity contribution in [2.24, 2.45) is 11.7 Å². The van der Waals surface area contributed by atoms with Gasteiger partial charge < -0.3 is 21.3 Å². The van der Waals surface area contributed by atoms with Crippen LogP contribution >= 0.6 is 0 Å². The molecule has 1 aliphatic rings. The zero-order chi connectivity index (χ0) is 26.6. The van der Waals surface area contributed by atoms with Crippen molar-refractivity contribution in [1.29, 1.82) is 0 Å². The van der Waals surface area contributed by atoms with E-state index in [9.17, 15) is 4.39 Å². The van der Waals surface area contributed by atoms with Crippen molar-refractivity contribution in [3.63, 3.8) is 0 Å². The van der Waals surface area contributed by atoms with Crippen molar-refractivity contribution in [1.82, 2.24) is 10.2 Å². The number of benzene rings is 2. The summed E-state index contributed by atoms with van der Waals surface area (Å²) < 4.78 is 13.8. The van der Waals surface area contributed by atoms with Crippen molar-refractivity contribution in [2.45, 2.75) is 66.0 Å². The Hall–Kier alpha value is -1.32. The summed E-state index contributed by atoms with van der Waals surface area (Å²) in [7, 11) is 0. The van der Waals surface area contributed by atoms with E-state index < -0.39 is 5.67 Å². The van der Waals surface area contributed by atoms with Gasteiger partial charge in [-0.1, -0.05) is 56.3 Å². The van der Waals surface area contributed by atoms with Crippen molar-refractivity contribution in [3.8, 4) is 11.1 Å². The molecule has 2 aromatic carbocycles. The van der Waals surface area contributed by atoms with Gasteiger partial charge in [-0.05, 0) is 81.4 Å². The number of piperidine rings is 1. The van der Waals surface area contributed by atoms with E-state index in [1.165, 1.54) is 17.5 Å². The summed E-state index contributed by atoms with van der Waals surface area (Å²) in [5.74, 6) is 0.654. The van der Waals surface area contributed by atoms with Crippen molar-refractivity contribution in [2.75, 3.05) is 38.0 Å². The summed E-state index contributed by atoms with van der Waals surface area (Å²) in [4.78, 5) is 2.25. The standard InChI is InChI=1S/C26H36FN3.C5H12N.U/c1-5-28-20(2)22-6-8-23(9-7-22)24-10-12-25(13-11-24)29-18-21-14-16-30(17-15-21)19-26(3,4)27;1-3-4-5(2)6;/h6-13,21,28-29H,2,5,14-19H2,1,3-4H3;3-4,6H2,1-2H3;/q;-1;. The molecule has 6 heteroatoms. The van der Waals surface area contributed by atoms with E-state index in [1.807, 2.05) is 6.92 Å². The van der Waals surface area contributed by atoms with Gasteiger partial charge in [-0.25, -0.2) is 4.39 Å². The van der Waals surface area contributed by atoms with Crippen LogP contribution in [0.15, 0.2) is 55.1 Å². The molecular weight excluding hydrogens is 685 g/mol. The van der Waals surface area contributed by atoms with Gasteiger partial charge in [-0.2, -0.15) is 13.3 Å². The number of rotatable bonds is 11. The van der Waals surface area contributed by atoms with Gasteiger partial charge >= 0.3 is 0 Å². The van der Waals surface area contributed by atoms with E-state index >= 15 is 0 Å². The number of halogens is 1. The van der Waals surface area contributed by atoms with Crippen LogP contribution in [0.1, 0.15) is 65.9 Å². The second-order valence-corrected chi connectivity index (χ2v) is 10.6. The number of nitrogens with one attached hydrogen (secondary N) is 2. The molecule has 0 aromatic heterocycles. The SMILES string of the molecule is C=C(NCC)c1ccc(-c2ccc(NCC3CCN(CC(C)(C)F)CC3)cc2)cc1.CCC[C-](C)N.[U]. The van der Waals surface area contributed by atoms with Crippen molar-refractivity contribution >= 4 is 11.4 Å². The summed E-state index contributed by atoms with van der Waals surface area (Å²) in [6, 6.07) is 18.2. The summed E-state index contributed by atoms with van der Waals surface area (Å²) in [6.07, 6.45) is 4.50. The van der Waals surface area contributed by atoms with E-state index in [0.29, 0.717) is 12.5 Å². The Kier molecular flexibility index (Phi) is 15.8. The molecule has 1 heterocycles. The van der Waals surface area contributed by atoms with Gasteiger partial charge in [0.1, 0.15) is 5.67 Å². The molecule has 0 radical (unpaired) electrons. The molecule has 0 unspecified atom stereocenters. The second kappa shape index (κ2) is 17.3. The molecule has 1 saturated heterocycles. The molecule has 0 amide bonds. The van der Waals surface area contributed by atoms with Crippen LogP contribution < -0.4 is 16.4 Å². The Bertz CT molecular complexity index is 883. The first-order valence-corrected chi connectivity index (χ1v) is 13.5. The topological polar surface area (TPSA) is 53.3 Å². The smallest absolute Gasteiger partial charge is 0.118 e. The number of alkyl halides is 1. The summed E-state index contributed by atoms with van der Waals surface area (Å²) in [5, 5.41) is 6.84. The quantitative estimate of drug-likeness (QED) is 0.216. The van der Waals surface area contributed by atoms with Gasteiger partial charge in [0.2, 0.25) is 0 Å². The Balaban J connectivity index is 0.000000876. The van der Waals surface area contributed by atoms with Crippen LogP contribution in [-0.2, 0) is 0 Å². The Morgan fingerprint density at radius 1 is 1.05 bits per heavy atom. The normalized spacial score (nSPS) is 14.4. The molecule has 0 bridgehead atoms. The largest absolute Gasteiger partial charge is 0.481 e. The molecule has 0 saturated carbocycles. The van der Waals surface area contributed by atoms with Crippen molar-refractivity contribution < 1.29 is 35.5 Å². The van der Waals surface area contributed by atoms with E-state index in [-0.39, 0.29) is 31.1 Å². The van der Waals surface area contributed by atoms with Crippen LogP contribution in [0.4, 0.5) is 10.1 Å². The fourth-order valence-corrected chi connectivity index (χ4v) is 4.50. The van der Waals surface area contributed by atoms with Crippen LogP contribution in [0, 0.1) is 43.1 Å². The third kappa shape index (κ3) is 13.3. The van der Waals surface area contributed by atoms with Crippen LogP contribution in [0.3, 0.4) is 0 Å². The van der Waals surface area contributed by atoms with Crippen molar-refractivity contribution in [3.05, 3.63) is 66.7 Å². The minimum atomic E-state index is -1.10. The van der Waals surface area contributed by atoms with Gasteiger partial charge in [0.15, 0.2) is 0 Å². The maximum Gasteiger partial charge on any atom is 0.118 e. The van der Waals surface area contributed by atoms with E-state index in [1.54, 1.807) is 13.8 Å². The van der Waals surface area contributed by atoms with Gasteiger partial charge in [0.05, 0.1) is 0 Å². The molecule has 1 fully saturated rings. The Morgan fingerprint density at radius 3 is 2.03 bits per heavy atom. The Labute approximate surface area is 249 Å². The summed E-state index contributed by atoms with van der Waals surface area (Å²) in [5.41, 5.74) is 9.88. The van der Waals surface area contributed by atoms with Gasteiger partial charge in [-0.3, -0.25) is 6.04 Å². The zero-order valence-corrected chi connectivity index (χ0v) is 27.8. The van der Waals surface area contributed by atoms with Gasteiger partial charge in [0, 0.05) is 62.1 Å². The minimum Gasteiger partial charge on any atom is -0.481 e. The molecular formula is C31H48FN4U-. The third-order valence-electron chi connectivity index (χ3n) is 6.39. The molecule has 2 aromatic rings. The number of hydrogen-bond donors (Lipinski definition) is 3. The average molecular weight is 734 g/mol. The number of nitrogens with zero attached hydrogens (tertiary/aromatic N) is 1. The maximum absolute atomic E-state index is 13.8. The van der Waals surface area contributed by atoms with Crippen LogP contribution in [0.5, 0.6) is 0 Å². The number of anilines is 1. The molecule has 1 aliphatic heterocycles. The third-order valence-corrected chi connectivity index (χ3v) is 6.39. The number of hydrogen-bond acceptors (Lipinski definition) is 4. The number of likely N-dealkylation sites (tertiary alicyclic amines) is 1. The van der Waals surface area contributed by atoms with E-state index in [0.717, 1.165) is 68.4 Å². The van der Waals surface area contributed by atoms with Gasteiger partial charge in [-0.15, -0.1) is 0 Å². The summed E-state index contributed by atoms with van der Waals surface area (Å²) in [6.45, 7) is 17.9. The van der Waals surface area contributed by atoms with Crippen LogP contribution in [0.25, 0.3) is 16.8 Å². The molecule has 3 rings (SSSR count). The van der Waals surface area contributed by atoms with E-state index in [2.05, 4.69) is 84.5 Å². The first kappa shape index (κ1) is 33.7. The molecule has 4 nitrogen and oxygen atoms in total. The molecule has 0 aliphatic carbocycles. The maximum atomic E-state index is 13.8. The first-order chi connectivity index (χ1) is 17.1. The average Bonchev–Trinajstić information content (AvgIpc) is 2.84. The summed E-state index contributed by atoms with van der Waals surface area (Å²) >= 11 is 0. The minimum absolute atomic E-state index is 0. The zero-order valence-electron chi connectivity index (χ0n) is 23.7. The fourth-order valence-electron chi connectivity index (χ4n) is 4.50. The molecule has 4 N–H and O–H groups in total. The molecule has 0 atom stereocenters. The molecule has 37 heavy (non-hydrogen) atoms. The fraction of sp³-hybridized carbons (Fsp3) is 0.516. The van der Waals surface area contributed by atoms with Gasteiger partial charge in [0.25, 0.3) is 0 Å². The second-order valence-electron chi connectivity index (χ2n) is 10.6. The Morgan fingerprint density at radius 2 is 1.59 bits per heavy atom.